The first-order valence-electron chi connectivity index (χ1n) is 8.14. The average Bonchev–Trinajstić information content (AvgIpc) is 2.69. The molecule has 0 radical (unpaired) electrons. The first kappa shape index (κ1) is 19.6. The predicted octanol–water partition coefficient (Wildman–Crippen LogP) is 5.85. The molecule has 0 spiro atoms. The molecule has 0 N–H and O–H groups in total. The van der Waals surface area contributed by atoms with Crippen molar-refractivity contribution in [2.75, 3.05) is 4.90 Å². The quantitative estimate of drug-likeness (QED) is 0.515. The Kier molecular flexibility index (Phi) is 5.51. The zero-order valence-corrected chi connectivity index (χ0v) is 15.0. The zero-order chi connectivity index (χ0) is 20.3. The van der Waals surface area contributed by atoms with Crippen LogP contribution in [0.5, 0.6) is 0 Å². The molecular formula is C21H13ClF3NO2. The summed E-state index contributed by atoms with van der Waals surface area (Å²) in [5, 5.41) is -0.157. The summed E-state index contributed by atoms with van der Waals surface area (Å²) >= 11 is 5.73. The molecule has 0 fully saturated rings. The number of amides is 2. The maximum atomic E-state index is 13.6. The number of imide groups is 1. The number of anilines is 1. The fourth-order valence-corrected chi connectivity index (χ4v) is 2.83. The lowest BCUT2D eigenvalue weighted by Crippen LogP contribution is -2.38. The summed E-state index contributed by atoms with van der Waals surface area (Å²) in [7, 11) is 0. The number of carbonyl (C=O) groups is 2. The molecule has 2 amide bonds. The van der Waals surface area contributed by atoms with Gasteiger partial charge in [-0.15, -0.1) is 0 Å². The Morgan fingerprint density at radius 1 is 0.750 bits per heavy atom. The summed E-state index contributed by atoms with van der Waals surface area (Å²) in [6.07, 6.45) is -4.81. The minimum atomic E-state index is -4.81. The van der Waals surface area contributed by atoms with Crippen molar-refractivity contribution >= 4 is 29.1 Å². The molecule has 0 bridgehead atoms. The Labute approximate surface area is 164 Å². The molecule has 0 aliphatic heterocycles. The lowest BCUT2D eigenvalue weighted by atomic mass is 10.1. The Hall–Kier alpha value is -3.12. The SMILES string of the molecule is O=C(c1ccccc1)N(C(=O)c1ccccc1)c1ccc(Cl)cc1C(F)(F)F. The highest BCUT2D eigenvalue weighted by atomic mass is 35.5. The van der Waals surface area contributed by atoms with Crippen LogP contribution in [0.15, 0.2) is 78.9 Å². The Balaban J connectivity index is 2.21. The molecule has 0 aliphatic carbocycles. The second kappa shape index (κ2) is 7.86. The van der Waals surface area contributed by atoms with E-state index in [9.17, 15) is 22.8 Å². The fraction of sp³-hybridized carbons (Fsp3) is 0.0476. The van der Waals surface area contributed by atoms with Crippen molar-refractivity contribution in [2.24, 2.45) is 0 Å². The lowest BCUT2D eigenvalue weighted by molar-refractivity contribution is -0.137. The third-order valence-electron chi connectivity index (χ3n) is 3.95. The summed E-state index contributed by atoms with van der Waals surface area (Å²) < 4.78 is 40.8. The highest BCUT2D eigenvalue weighted by Crippen LogP contribution is 2.39. The molecule has 0 saturated carbocycles. The molecule has 0 saturated heterocycles. The van der Waals surface area contributed by atoms with E-state index in [1.807, 2.05) is 0 Å². The van der Waals surface area contributed by atoms with Crippen molar-refractivity contribution in [3.8, 4) is 0 Å². The van der Waals surface area contributed by atoms with E-state index in [2.05, 4.69) is 0 Å². The third-order valence-corrected chi connectivity index (χ3v) is 4.19. The Morgan fingerprint density at radius 2 is 1.21 bits per heavy atom. The highest BCUT2D eigenvalue weighted by molar-refractivity contribution is 6.31. The van der Waals surface area contributed by atoms with Gasteiger partial charge in [-0.25, -0.2) is 4.90 Å². The van der Waals surface area contributed by atoms with Gasteiger partial charge in [0.2, 0.25) is 0 Å². The molecule has 7 heteroatoms. The highest BCUT2D eigenvalue weighted by Gasteiger charge is 2.38. The van der Waals surface area contributed by atoms with E-state index in [1.165, 1.54) is 30.3 Å². The molecule has 0 atom stereocenters. The number of hydrogen-bond donors (Lipinski definition) is 0. The molecule has 28 heavy (non-hydrogen) atoms. The molecule has 0 aliphatic rings. The van der Waals surface area contributed by atoms with Gasteiger partial charge in [0.15, 0.2) is 0 Å². The molecule has 3 rings (SSSR count). The van der Waals surface area contributed by atoms with Crippen molar-refractivity contribution < 1.29 is 22.8 Å². The number of alkyl halides is 3. The predicted molar refractivity (Wildman–Crippen MR) is 100 cm³/mol. The number of benzene rings is 3. The van der Waals surface area contributed by atoms with E-state index in [4.69, 9.17) is 11.6 Å². The first-order valence-corrected chi connectivity index (χ1v) is 8.52. The maximum absolute atomic E-state index is 13.6. The number of hydrogen-bond acceptors (Lipinski definition) is 2. The van der Waals surface area contributed by atoms with Crippen LogP contribution < -0.4 is 4.90 Å². The second-order valence-corrected chi connectivity index (χ2v) is 6.27. The van der Waals surface area contributed by atoms with Crippen molar-refractivity contribution in [3.05, 3.63) is 101 Å². The molecule has 3 aromatic carbocycles. The van der Waals surface area contributed by atoms with Gasteiger partial charge in [0.05, 0.1) is 11.3 Å². The van der Waals surface area contributed by atoms with Gasteiger partial charge in [0, 0.05) is 16.1 Å². The van der Waals surface area contributed by atoms with Crippen LogP contribution in [0.25, 0.3) is 0 Å². The van der Waals surface area contributed by atoms with E-state index in [0.29, 0.717) is 11.0 Å². The largest absolute Gasteiger partial charge is 0.418 e. The summed E-state index contributed by atoms with van der Waals surface area (Å²) in [5.41, 5.74) is -1.60. The average molecular weight is 404 g/mol. The molecule has 3 aromatic rings. The van der Waals surface area contributed by atoms with Gasteiger partial charge in [0.1, 0.15) is 0 Å². The van der Waals surface area contributed by atoms with E-state index >= 15 is 0 Å². The van der Waals surface area contributed by atoms with Gasteiger partial charge in [0.25, 0.3) is 11.8 Å². The van der Waals surface area contributed by atoms with Crippen LogP contribution in [-0.2, 0) is 6.18 Å². The summed E-state index contributed by atoms with van der Waals surface area (Å²) in [6, 6.07) is 18.2. The van der Waals surface area contributed by atoms with Crippen LogP contribution >= 0.6 is 11.6 Å². The second-order valence-electron chi connectivity index (χ2n) is 5.84. The van der Waals surface area contributed by atoms with Gasteiger partial charge in [-0.2, -0.15) is 13.2 Å². The van der Waals surface area contributed by atoms with Crippen LogP contribution in [-0.4, -0.2) is 11.8 Å². The summed E-state index contributed by atoms with van der Waals surface area (Å²) in [6.45, 7) is 0. The van der Waals surface area contributed by atoms with Gasteiger partial charge in [-0.1, -0.05) is 48.0 Å². The number of rotatable bonds is 3. The van der Waals surface area contributed by atoms with Crippen molar-refractivity contribution in [1.29, 1.82) is 0 Å². The normalized spacial score (nSPS) is 11.1. The Bertz CT molecular complexity index is 954. The summed E-state index contributed by atoms with van der Waals surface area (Å²) in [4.78, 5) is 26.6. The molecule has 0 heterocycles. The Morgan fingerprint density at radius 3 is 1.64 bits per heavy atom. The van der Waals surface area contributed by atoms with Gasteiger partial charge < -0.3 is 0 Å². The smallest absolute Gasteiger partial charge is 0.268 e. The molecule has 3 nitrogen and oxygen atoms in total. The number of nitrogens with zero attached hydrogens (tertiary/aromatic N) is 1. The van der Waals surface area contributed by atoms with Crippen LogP contribution in [0.1, 0.15) is 26.3 Å². The third kappa shape index (κ3) is 4.07. The first-order chi connectivity index (χ1) is 13.3. The molecule has 0 unspecified atom stereocenters. The topological polar surface area (TPSA) is 37.4 Å². The van der Waals surface area contributed by atoms with Gasteiger partial charge in [-0.05, 0) is 42.5 Å². The standard InChI is InChI=1S/C21H13ClF3NO2/c22-16-11-12-18(17(13-16)21(23,24)25)26(19(27)14-7-3-1-4-8-14)20(28)15-9-5-2-6-10-15/h1-13H. The van der Waals surface area contributed by atoms with Crippen LogP contribution in [0.4, 0.5) is 18.9 Å². The number of carbonyl (C=O) groups excluding carboxylic acids is 2. The van der Waals surface area contributed by atoms with Crippen LogP contribution in [0.2, 0.25) is 5.02 Å². The monoisotopic (exact) mass is 403 g/mol. The molecule has 0 aromatic heterocycles. The van der Waals surface area contributed by atoms with Crippen LogP contribution in [0, 0.1) is 0 Å². The van der Waals surface area contributed by atoms with Gasteiger partial charge >= 0.3 is 6.18 Å². The zero-order valence-electron chi connectivity index (χ0n) is 14.3. The van der Waals surface area contributed by atoms with E-state index < -0.39 is 29.2 Å². The minimum Gasteiger partial charge on any atom is -0.268 e. The van der Waals surface area contributed by atoms with Crippen molar-refractivity contribution in [2.45, 2.75) is 6.18 Å². The van der Waals surface area contributed by atoms with E-state index in [-0.39, 0.29) is 16.1 Å². The van der Waals surface area contributed by atoms with E-state index in [1.54, 1.807) is 36.4 Å². The number of halogens is 4. The van der Waals surface area contributed by atoms with Crippen molar-refractivity contribution in [3.63, 3.8) is 0 Å². The maximum Gasteiger partial charge on any atom is 0.418 e. The molecular weight excluding hydrogens is 391 g/mol. The van der Waals surface area contributed by atoms with Gasteiger partial charge in [-0.3, -0.25) is 9.59 Å². The fourth-order valence-electron chi connectivity index (χ4n) is 2.66. The lowest BCUT2D eigenvalue weighted by Gasteiger charge is -2.25. The minimum absolute atomic E-state index is 0.0786. The van der Waals surface area contributed by atoms with Crippen LogP contribution in [0.3, 0.4) is 0 Å². The van der Waals surface area contributed by atoms with Crippen molar-refractivity contribution in [1.82, 2.24) is 0 Å². The van der Waals surface area contributed by atoms with E-state index in [0.717, 1.165) is 6.07 Å². The molecule has 142 valence electrons. The summed E-state index contributed by atoms with van der Waals surface area (Å²) in [5.74, 6) is -1.75.